The number of hydrogen-bond acceptors (Lipinski definition) is 2. The third-order valence-electron chi connectivity index (χ3n) is 4.72. The molecule has 0 radical (unpaired) electrons. The van der Waals surface area contributed by atoms with Gasteiger partial charge in [-0.15, -0.1) is 6.42 Å². The smallest absolute Gasteiger partial charge is 0.165 e. The Balaban J connectivity index is 1.59. The number of rotatable bonds is 9. The first-order valence-corrected chi connectivity index (χ1v) is 9.90. The molecular formula is C26H25FO2. The zero-order valence-electron chi connectivity index (χ0n) is 16.6. The van der Waals surface area contributed by atoms with Crippen LogP contribution in [0.1, 0.15) is 36.8 Å². The number of aryl methyl sites for hydroxylation is 1. The molecule has 0 aliphatic carbocycles. The third kappa shape index (κ3) is 5.86. The SMILES string of the molecule is C#CC(CCCc1ccc(F)c(Oc2ccccc2)c1)c1ccc(OCC)cc1. The number of ether oxygens (including phenoxy) is 2. The molecule has 3 rings (SSSR count). The Morgan fingerprint density at radius 2 is 1.72 bits per heavy atom. The molecule has 0 saturated heterocycles. The summed E-state index contributed by atoms with van der Waals surface area (Å²) >= 11 is 0. The molecule has 1 atom stereocenters. The van der Waals surface area contributed by atoms with Gasteiger partial charge in [0.1, 0.15) is 11.5 Å². The van der Waals surface area contributed by atoms with Gasteiger partial charge in [0.25, 0.3) is 0 Å². The monoisotopic (exact) mass is 388 g/mol. The second kappa shape index (κ2) is 10.3. The largest absolute Gasteiger partial charge is 0.494 e. The van der Waals surface area contributed by atoms with Crippen molar-refractivity contribution >= 4 is 0 Å². The van der Waals surface area contributed by atoms with Crippen molar-refractivity contribution in [1.82, 2.24) is 0 Å². The van der Waals surface area contributed by atoms with Crippen LogP contribution in [0.3, 0.4) is 0 Å². The number of benzene rings is 3. The summed E-state index contributed by atoms with van der Waals surface area (Å²) in [6.45, 7) is 2.61. The van der Waals surface area contributed by atoms with Crippen molar-refractivity contribution in [2.45, 2.75) is 32.1 Å². The molecule has 0 heterocycles. The van der Waals surface area contributed by atoms with Gasteiger partial charge in [0, 0.05) is 5.92 Å². The number of hydrogen-bond donors (Lipinski definition) is 0. The van der Waals surface area contributed by atoms with Crippen LogP contribution in [0.25, 0.3) is 0 Å². The summed E-state index contributed by atoms with van der Waals surface area (Å²) in [7, 11) is 0. The molecule has 0 aliphatic heterocycles. The predicted octanol–water partition coefficient (Wildman–Crippen LogP) is 6.76. The molecule has 0 saturated carbocycles. The summed E-state index contributed by atoms with van der Waals surface area (Å²) in [4.78, 5) is 0. The Labute approximate surface area is 172 Å². The second-order valence-corrected chi connectivity index (χ2v) is 6.79. The lowest BCUT2D eigenvalue weighted by atomic mass is 9.93. The highest BCUT2D eigenvalue weighted by molar-refractivity contribution is 5.36. The van der Waals surface area contributed by atoms with Crippen LogP contribution in [-0.4, -0.2) is 6.61 Å². The van der Waals surface area contributed by atoms with Crippen LogP contribution >= 0.6 is 0 Å². The van der Waals surface area contributed by atoms with E-state index < -0.39 is 0 Å². The quantitative estimate of drug-likeness (QED) is 0.377. The minimum Gasteiger partial charge on any atom is -0.494 e. The first-order chi connectivity index (χ1) is 14.2. The first kappa shape index (κ1) is 20.5. The van der Waals surface area contributed by atoms with Crippen molar-refractivity contribution in [3.05, 3.63) is 89.7 Å². The van der Waals surface area contributed by atoms with Crippen LogP contribution in [0.5, 0.6) is 17.2 Å². The van der Waals surface area contributed by atoms with Crippen molar-refractivity contribution in [3.63, 3.8) is 0 Å². The summed E-state index contributed by atoms with van der Waals surface area (Å²) in [5.74, 6) is 4.28. The molecule has 0 fully saturated rings. The Morgan fingerprint density at radius 1 is 0.966 bits per heavy atom. The second-order valence-electron chi connectivity index (χ2n) is 6.79. The van der Waals surface area contributed by atoms with Gasteiger partial charge in [0.2, 0.25) is 0 Å². The van der Waals surface area contributed by atoms with Crippen molar-refractivity contribution in [2.24, 2.45) is 0 Å². The van der Waals surface area contributed by atoms with E-state index >= 15 is 0 Å². The van der Waals surface area contributed by atoms with E-state index in [1.54, 1.807) is 24.3 Å². The topological polar surface area (TPSA) is 18.5 Å². The maximum atomic E-state index is 14.1. The molecule has 0 spiro atoms. The van der Waals surface area contributed by atoms with Crippen LogP contribution in [0, 0.1) is 18.2 Å². The lowest BCUT2D eigenvalue weighted by Gasteiger charge is -2.13. The number of para-hydroxylation sites is 1. The fourth-order valence-corrected chi connectivity index (χ4v) is 3.22. The van der Waals surface area contributed by atoms with E-state index in [-0.39, 0.29) is 17.5 Å². The highest BCUT2D eigenvalue weighted by atomic mass is 19.1. The van der Waals surface area contributed by atoms with Gasteiger partial charge < -0.3 is 9.47 Å². The molecule has 3 heteroatoms. The van der Waals surface area contributed by atoms with Crippen molar-refractivity contribution in [1.29, 1.82) is 0 Å². The van der Waals surface area contributed by atoms with Gasteiger partial charge in [-0.3, -0.25) is 0 Å². The molecule has 3 aromatic rings. The lowest BCUT2D eigenvalue weighted by molar-refractivity contribution is 0.340. The van der Waals surface area contributed by atoms with E-state index in [0.717, 1.165) is 36.1 Å². The summed E-state index contributed by atoms with van der Waals surface area (Å²) in [5, 5.41) is 0. The summed E-state index contributed by atoms with van der Waals surface area (Å²) in [5.41, 5.74) is 2.14. The van der Waals surface area contributed by atoms with E-state index in [1.165, 1.54) is 6.07 Å². The van der Waals surface area contributed by atoms with Crippen molar-refractivity contribution in [3.8, 4) is 29.6 Å². The molecule has 0 bridgehead atoms. The van der Waals surface area contributed by atoms with Crippen LogP contribution in [0.4, 0.5) is 4.39 Å². The zero-order valence-corrected chi connectivity index (χ0v) is 16.6. The fourth-order valence-electron chi connectivity index (χ4n) is 3.22. The van der Waals surface area contributed by atoms with Gasteiger partial charge in [-0.05, 0) is 73.7 Å². The Bertz CT molecular complexity index is 943. The van der Waals surface area contributed by atoms with E-state index in [0.29, 0.717) is 12.4 Å². The maximum absolute atomic E-state index is 14.1. The van der Waals surface area contributed by atoms with Crippen LogP contribution in [0.15, 0.2) is 72.8 Å². The molecule has 1 unspecified atom stereocenters. The Morgan fingerprint density at radius 3 is 2.41 bits per heavy atom. The first-order valence-electron chi connectivity index (χ1n) is 9.90. The highest BCUT2D eigenvalue weighted by Gasteiger charge is 2.10. The van der Waals surface area contributed by atoms with Gasteiger partial charge in [0.15, 0.2) is 11.6 Å². The van der Waals surface area contributed by atoms with Crippen LogP contribution in [0.2, 0.25) is 0 Å². The molecule has 0 aromatic heterocycles. The molecule has 2 nitrogen and oxygen atoms in total. The molecule has 0 aliphatic rings. The fraction of sp³-hybridized carbons (Fsp3) is 0.231. The molecule has 0 N–H and O–H groups in total. The van der Waals surface area contributed by atoms with Gasteiger partial charge in [-0.1, -0.05) is 42.3 Å². The van der Waals surface area contributed by atoms with Crippen LogP contribution in [-0.2, 0) is 6.42 Å². The van der Waals surface area contributed by atoms with E-state index in [2.05, 4.69) is 5.92 Å². The standard InChI is InChI=1S/C26H25FO2/c1-3-21(22-14-16-23(17-15-22)28-4-2)10-8-9-20-13-18-25(27)26(19-20)29-24-11-6-5-7-12-24/h1,5-7,11-19,21H,4,8-10H2,2H3. The van der Waals surface area contributed by atoms with Gasteiger partial charge in [-0.2, -0.15) is 0 Å². The molecular weight excluding hydrogens is 363 g/mol. The minimum atomic E-state index is -0.367. The normalized spacial score (nSPS) is 11.5. The molecule has 3 aromatic carbocycles. The van der Waals surface area contributed by atoms with Gasteiger partial charge in [-0.25, -0.2) is 4.39 Å². The highest BCUT2D eigenvalue weighted by Crippen LogP contribution is 2.27. The summed E-state index contributed by atoms with van der Waals surface area (Å²) in [6, 6.07) is 22.2. The molecule has 148 valence electrons. The van der Waals surface area contributed by atoms with E-state index in [1.807, 2.05) is 49.4 Å². The van der Waals surface area contributed by atoms with Crippen molar-refractivity contribution in [2.75, 3.05) is 6.61 Å². The van der Waals surface area contributed by atoms with E-state index in [9.17, 15) is 4.39 Å². The lowest BCUT2D eigenvalue weighted by Crippen LogP contribution is -1.99. The van der Waals surface area contributed by atoms with Crippen molar-refractivity contribution < 1.29 is 13.9 Å². The minimum absolute atomic E-state index is 0.0474. The average Bonchev–Trinajstić information content (AvgIpc) is 2.75. The number of halogens is 1. The predicted molar refractivity (Wildman–Crippen MR) is 115 cm³/mol. The summed E-state index contributed by atoms with van der Waals surface area (Å²) in [6.07, 6.45) is 8.33. The van der Waals surface area contributed by atoms with E-state index in [4.69, 9.17) is 15.9 Å². The maximum Gasteiger partial charge on any atom is 0.165 e. The summed E-state index contributed by atoms with van der Waals surface area (Å²) < 4.78 is 25.3. The van der Waals surface area contributed by atoms with Crippen LogP contribution < -0.4 is 9.47 Å². The Hall–Kier alpha value is -3.25. The average molecular weight is 388 g/mol. The zero-order chi connectivity index (χ0) is 20.5. The third-order valence-corrected chi connectivity index (χ3v) is 4.72. The van der Waals surface area contributed by atoms with Gasteiger partial charge >= 0.3 is 0 Å². The molecule has 29 heavy (non-hydrogen) atoms. The molecule has 0 amide bonds. The van der Waals surface area contributed by atoms with Gasteiger partial charge in [0.05, 0.1) is 6.61 Å². The Kier molecular flexibility index (Phi) is 7.30. The number of terminal acetylenes is 1.